The molecule has 0 aliphatic heterocycles. The van der Waals surface area contributed by atoms with Gasteiger partial charge in [-0.1, -0.05) is 37.6 Å². The maximum absolute atomic E-state index is 5.86. The van der Waals surface area contributed by atoms with Gasteiger partial charge in [-0.15, -0.1) is 0 Å². The van der Waals surface area contributed by atoms with Crippen molar-refractivity contribution in [2.45, 2.75) is 19.9 Å². The summed E-state index contributed by atoms with van der Waals surface area (Å²) in [5.74, 6) is 0.603. The summed E-state index contributed by atoms with van der Waals surface area (Å²) in [7, 11) is 4.22. The Hall–Kier alpha value is -0.530. The second-order valence-electron chi connectivity index (χ2n) is 4.20. The fraction of sp³-hybridized carbons (Fsp3) is 0.500. The van der Waals surface area contributed by atoms with Crippen LogP contribution in [0.15, 0.2) is 24.3 Å². The maximum atomic E-state index is 5.86. The molecule has 1 aromatic carbocycles. The van der Waals surface area contributed by atoms with E-state index in [-0.39, 0.29) is 0 Å². The number of halogens is 1. The van der Waals surface area contributed by atoms with Crippen LogP contribution in [-0.2, 0) is 0 Å². The number of benzene rings is 1. The lowest BCUT2D eigenvalue weighted by Crippen LogP contribution is -2.24. The monoisotopic (exact) mass is 211 g/mol. The summed E-state index contributed by atoms with van der Waals surface area (Å²) in [5.41, 5.74) is 1.33. The van der Waals surface area contributed by atoms with Crippen LogP contribution in [-0.4, -0.2) is 19.0 Å². The molecule has 0 saturated carbocycles. The van der Waals surface area contributed by atoms with E-state index in [1.807, 2.05) is 12.1 Å². The van der Waals surface area contributed by atoms with Crippen LogP contribution in [0.3, 0.4) is 0 Å². The second kappa shape index (κ2) is 4.81. The smallest absolute Gasteiger partial charge is 0.0406 e. The first-order valence-corrected chi connectivity index (χ1v) is 5.32. The number of nitrogens with zero attached hydrogens (tertiary/aromatic N) is 1. The van der Waals surface area contributed by atoms with Crippen molar-refractivity contribution >= 4 is 11.6 Å². The average Bonchev–Trinajstić information content (AvgIpc) is 2.07. The SMILES string of the molecule is CC(C)C(c1ccc(Cl)cc1)N(C)C. The van der Waals surface area contributed by atoms with Crippen LogP contribution in [0.2, 0.25) is 5.02 Å². The molecule has 0 heterocycles. The first-order chi connectivity index (χ1) is 6.52. The molecule has 1 unspecified atom stereocenters. The zero-order valence-corrected chi connectivity index (χ0v) is 10.0. The molecule has 0 aromatic heterocycles. The molecule has 0 bridgehead atoms. The van der Waals surface area contributed by atoms with Gasteiger partial charge in [0.25, 0.3) is 0 Å². The molecule has 78 valence electrons. The highest BCUT2D eigenvalue weighted by Gasteiger charge is 2.17. The Balaban J connectivity index is 2.94. The second-order valence-corrected chi connectivity index (χ2v) is 4.64. The van der Waals surface area contributed by atoms with E-state index < -0.39 is 0 Å². The van der Waals surface area contributed by atoms with E-state index in [4.69, 9.17) is 11.6 Å². The Morgan fingerprint density at radius 1 is 1.07 bits per heavy atom. The highest BCUT2D eigenvalue weighted by Crippen LogP contribution is 2.27. The lowest BCUT2D eigenvalue weighted by atomic mass is 9.95. The minimum atomic E-state index is 0.465. The van der Waals surface area contributed by atoms with Crippen LogP contribution in [0, 0.1) is 5.92 Å². The Morgan fingerprint density at radius 3 is 1.93 bits per heavy atom. The molecular weight excluding hydrogens is 194 g/mol. The molecule has 0 radical (unpaired) electrons. The van der Waals surface area contributed by atoms with Crippen molar-refractivity contribution in [3.63, 3.8) is 0 Å². The summed E-state index contributed by atoms with van der Waals surface area (Å²) in [5, 5.41) is 0.801. The van der Waals surface area contributed by atoms with Crippen molar-refractivity contribution in [2.24, 2.45) is 5.92 Å². The fourth-order valence-electron chi connectivity index (χ4n) is 1.94. The Kier molecular flexibility index (Phi) is 3.97. The maximum Gasteiger partial charge on any atom is 0.0406 e. The van der Waals surface area contributed by atoms with Crippen LogP contribution in [0.5, 0.6) is 0 Å². The Labute approximate surface area is 91.7 Å². The van der Waals surface area contributed by atoms with E-state index in [1.165, 1.54) is 5.56 Å². The van der Waals surface area contributed by atoms with Crippen molar-refractivity contribution < 1.29 is 0 Å². The molecule has 0 fully saturated rings. The zero-order chi connectivity index (χ0) is 10.7. The third-order valence-electron chi connectivity index (χ3n) is 2.40. The van der Waals surface area contributed by atoms with Crippen LogP contribution in [0.1, 0.15) is 25.5 Å². The van der Waals surface area contributed by atoms with Gasteiger partial charge in [0, 0.05) is 11.1 Å². The van der Waals surface area contributed by atoms with Crippen molar-refractivity contribution in [3.8, 4) is 0 Å². The lowest BCUT2D eigenvalue weighted by Gasteiger charge is -2.28. The van der Waals surface area contributed by atoms with Gasteiger partial charge in [0.05, 0.1) is 0 Å². The predicted molar refractivity (Wildman–Crippen MR) is 62.7 cm³/mol. The van der Waals surface area contributed by atoms with Gasteiger partial charge >= 0.3 is 0 Å². The zero-order valence-electron chi connectivity index (χ0n) is 9.29. The summed E-state index contributed by atoms with van der Waals surface area (Å²) in [4.78, 5) is 2.24. The molecule has 0 spiro atoms. The largest absolute Gasteiger partial charge is 0.302 e. The minimum Gasteiger partial charge on any atom is -0.302 e. The quantitative estimate of drug-likeness (QED) is 0.739. The summed E-state index contributed by atoms with van der Waals surface area (Å²) in [6.07, 6.45) is 0. The van der Waals surface area contributed by atoms with E-state index in [2.05, 4.69) is 45.0 Å². The van der Waals surface area contributed by atoms with E-state index in [9.17, 15) is 0 Å². The van der Waals surface area contributed by atoms with Gasteiger partial charge in [0.2, 0.25) is 0 Å². The molecule has 0 amide bonds. The molecule has 0 N–H and O–H groups in total. The van der Waals surface area contributed by atoms with Crippen molar-refractivity contribution in [1.29, 1.82) is 0 Å². The molecule has 1 aromatic rings. The summed E-state index contributed by atoms with van der Waals surface area (Å²) >= 11 is 5.86. The topological polar surface area (TPSA) is 3.24 Å². The Bertz CT molecular complexity index is 269. The fourth-order valence-corrected chi connectivity index (χ4v) is 2.07. The van der Waals surface area contributed by atoms with E-state index in [0.717, 1.165) is 5.02 Å². The van der Waals surface area contributed by atoms with E-state index in [0.29, 0.717) is 12.0 Å². The molecule has 1 rings (SSSR count). The van der Waals surface area contributed by atoms with Gasteiger partial charge in [0.15, 0.2) is 0 Å². The first-order valence-electron chi connectivity index (χ1n) is 4.94. The van der Waals surface area contributed by atoms with Crippen molar-refractivity contribution in [1.82, 2.24) is 4.90 Å². The van der Waals surface area contributed by atoms with Crippen LogP contribution >= 0.6 is 11.6 Å². The van der Waals surface area contributed by atoms with Gasteiger partial charge in [0.1, 0.15) is 0 Å². The molecule has 14 heavy (non-hydrogen) atoms. The van der Waals surface area contributed by atoms with Crippen LogP contribution in [0.4, 0.5) is 0 Å². The molecule has 0 aliphatic rings. The molecule has 0 saturated heterocycles. The average molecular weight is 212 g/mol. The first kappa shape index (κ1) is 11.5. The Morgan fingerprint density at radius 2 is 1.57 bits per heavy atom. The number of hydrogen-bond acceptors (Lipinski definition) is 1. The highest BCUT2D eigenvalue weighted by molar-refractivity contribution is 6.30. The van der Waals surface area contributed by atoms with Crippen molar-refractivity contribution in [2.75, 3.05) is 14.1 Å². The predicted octanol–water partition coefficient (Wildman–Crippen LogP) is 3.60. The van der Waals surface area contributed by atoms with Crippen LogP contribution < -0.4 is 0 Å². The number of rotatable bonds is 3. The third-order valence-corrected chi connectivity index (χ3v) is 2.65. The minimum absolute atomic E-state index is 0.465. The molecular formula is C12H18ClN. The van der Waals surface area contributed by atoms with Crippen molar-refractivity contribution in [3.05, 3.63) is 34.9 Å². The molecule has 2 heteroatoms. The standard InChI is InChI=1S/C12H18ClN/c1-9(2)12(14(3)4)10-5-7-11(13)8-6-10/h5-9,12H,1-4H3. The molecule has 1 nitrogen and oxygen atoms in total. The van der Waals surface area contributed by atoms with Gasteiger partial charge < -0.3 is 4.90 Å². The van der Waals surface area contributed by atoms with Gasteiger partial charge in [-0.3, -0.25) is 0 Å². The van der Waals surface area contributed by atoms with Gasteiger partial charge in [-0.25, -0.2) is 0 Å². The summed E-state index contributed by atoms with van der Waals surface area (Å²) < 4.78 is 0. The highest BCUT2D eigenvalue weighted by atomic mass is 35.5. The third kappa shape index (κ3) is 2.73. The number of hydrogen-bond donors (Lipinski definition) is 0. The van der Waals surface area contributed by atoms with E-state index >= 15 is 0 Å². The van der Waals surface area contributed by atoms with Gasteiger partial charge in [-0.2, -0.15) is 0 Å². The summed E-state index contributed by atoms with van der Waals surface area (Å²) in [6.45, 7) is 4.47. The van der Waals surface area contributed by atoms with Crippen LogP contribution in [0.25, 0.3) is 0 Å². The normalized spacial score (nSPS) is 13.6. The lowest BCUT2D eigenvalue weighted by molar-refractivity contribution is 0.235. The molecule has 0 aliphatic carbocycles. The van der Waals surface area contributed by atoms with Gasteiger partial charge in [-0.05, 0) is 37.7 Å². The molecule has 1 atom stereocenters. The summed E-state index contributed by atoms with van der Waals surface area (Å²) in [6, 6.07) is 8.58. The van der Waals surface area contributed by atoms with E-state index in [1.54, 1.807) is 0 Å².